The van der Waals surface area contributed by atoms with Crippen molar-refractivity contribution in [2.75, 3.05) is 6.54 Å². The van der Waals surface area contributed by atoms with E-state index >= 15 is 0 Å². The number of aromatic nitrogens is 1. The molecule has 3 aromatic rings. The quantitative estimate of drug-likeness (QED) is 0.256. The van der Waals surface area contributed by atoms with E-state index in [0.717, 1.165) is 11.1 Å². The van der Waals surface area contributed by atoms with Gasteiger partial charge in [-0.25, -0.2) is 4.79 Å². The lowest BCUT2D eigenvalue weighted by Crippen LogP contribution is -2.53. The molecule has 10 nitrogen and oxygen atoms in total. The fourth-order valence-electron chi connectivity index (χ4n) is 5.17. The van der Waals surface area contributed by atoms with Crippen LogP contribution >= 0.6 is 11.6 Å². The number of halogens is 4. The lowest BCUT2D eigenvalue weighted by molar-refractivity contribution is -0.604. The third-order valence-corrected chi connectivity index (χ3v) is 7.38. The Bertz CT molecular complexity index is 1540. The summed E-state index contributed by atoms with van der Waals surface area (Å²) in [4.78, 5) is 37.4. The monoisotopic (exact) mass is 606 g/mol. The Labute approximate surface area is 242 Å². The maximum absolute atomic E-state index is 13.9. The van der Waals surface area contributed by atoms with Gasteiger partial charge in [0.2, 0.25) is 5.91 Å². The number of benzene rings is 2. The minimum atomic E-state index is -5.08. The maximum atomic E-state index is 13.9. The SMILES string of the molecule is NCc1ccc(Cl)cc1CNC(=O)[C@@H]1CCCN1C(=O)[C@@]1(O)c2ccccc2-c2c[n+]([O-])ccc21.O=C(O)C(F)(F)F. The Morgan fingerprint density at radius 2 is 1.79 bits per heavy atom. The summed E-state index contributed by atoms with van der Waals surface area (Å²) in [5.41, 5.74) is 7.38. The molecule has 1 saturated heterocycles. The van der Waals surface area contributed by atoms with Crippen LogP contribution in [0.15, 0.2) is 60.9 Å². The lowest BCUT2D eigenvalue weighted by Gasteiger charge is -2.32. The van der Waals surface area contributed by atoms with Gasteiger partial charge < -0.3 is 31.4 Å². The molecule has 14 heteroatoms. The second-order valence-electron chi connectivity index (χ2n) is 9.68. The Morgan fingerprint density at radius 3 is 2.45 bits per heavy atom. The summed E-state index contributed by atoms with van der Waals surface area (Å²) in [6.45, 7) is 0.881. The number of carboxylic acids is 1. The van der Waals surface area contributed by atoms with E-state index in [1.165, 1.54) is 23.4 Å². The van der Waals surface area contributed by atoms with E-state index in [1.807, 2.05) is 6.07 Å². The number of carbonyl (C=O) groups excluding carboxylic acids is 2. The van der Waals surface area contributed by atoms with Crippen molar-refractivity contribution in [1.82, 2.24) is 10.2 Å². The first-order chi connectivity index (χ1) is 19.8. The number of likely N-dealkylation sites (tertiary alicyclic amines) is 1. The molecule has 0 bridgehead atoms. The highest BCUT2D eigenvalue weighted by Gasteiger charge is 2.53. The topological polar surface area (TPSA) is 160 Å². The summed E-state index contributed by atoms with van der Waals surface area (Å²) in [6.07, 6.45) is -1.35. The molecule has 2 aromatic carbocycles. The number of nitrogens with zero attached hydrogens (tertiary/aromatic N) is 2. The number of carbonyl (C=O) groups is 3. The van der Waals surface area contributed by atoms with Gasteiger partial charge in [-0.2, -0.15) is 17.9 Å². The minimum Gasteiger partial charge on any atom is -0.619 e. The molecule has 2 aliphatic rings. The van der Waals surface area contributed by atoms with Crippen LogP contribution in [0.4, 0.5) is 13.2 Å². The molecule has 1 aliphatic heterocycles. The highest BCUT2D eigenvalue weighted by atomic mass is 35.5. The molecule has 2 amide bonds. The second kappa shape index (κ2) is 12.0. The molecule has 1 fully saturated rings. The Morgan fingerprint density at radius 1 is 1.12 bits per heavy atom. The van der Waals surface area contributed by atoms with Crippen molar-refractivity contribution in [3.05, 3.63) is 93.4 Å². The van der Waals surface area contributed by atoms with Gasteiger partial charge in [-0.15, -0.1) is 0 Å². The van der Waals surface area contributed by atoms with Crippen LogP contribution in [0.1, 0.15) is 35.1 Å². The Kier molecular flexibility index (Phi) is 8.76. The molecule has 5 N–H and O–H groups in total. The van der Waals surface area contributed by atoms with Crippen molar-refractivity contribution in [3.63, 3.8) is 0 Å². The first kappa shape index (κ1) is 30.8. The number of carboxylic acid groups (broad SMARTS) is 1. The summed E-state index contributed by atoms with van der Waals surface area (Å²) in [5, 5.41) is 34.4. The van der Waals surface area contributed by atoms with Gasteiger partial charge in [0, 0.05) is 41.9 Å². The molecular formula is C28H26ClF3N4O6. The third kappa shape index (κ3) is 5.89. The molecule has 0 saturated carbocycles. The van der Waals surface area contributed by atoms with E-state index in [9.17, 15) is 33.1 Å². The normalized spacial score (nSPS) is 18.9. The zero-order valence-corrected chi connectivity index (χ0v) is 22.7. The van der Waals surface area contributed by atoms with Gasteiger partial charge in [-0.1, -0.05) is 41.9 Å². The van der Waals surface area contributed by atoms with Crippen molar-refractivity contribution in [2.45, 2.75) is 43.8 Å². The van der Waals surface area contributed by atoms with Gasteiger partial charge in [0.25, 0.3) is 5.91 Å². The van der Waals surface area contributed by atoms with Crippen LogP contribution in [-0.2, 0) is 33.1 Å². The van der Waals surface area contributed by atoms with Crippen molar-refractivity contribution >= 4 is 29.4 Å². The molecule has 1 aromatic heterocycles. The van der Waals surface area contributed by atoms with Gasteiger partial charge in [-0.3, -0.25) is 9.59 Å². The fraction of sp³-hybridized carbons (Fsp3) is 0.286. The summed E-state index contributed by atoms with van der Waals surface area (Å²) in [5.74, 6) is -3.64. The van der Waals surface area contributed by atoms with Crippen LogP contribution in [0.5, 0.6) is 0 Å². The van der Waals surface area contributed by atoms with E-state index in [1.54, 1.807) is 36.4 Å². The lowest BCUT2D eigenvalue weighted by atomic mass is 9.90. The molecular weight excluding hydrogens is 581 g/mol. The number of rotatable bonds is 5. The standard InChI is InChI=1S/C26H25ClN4O4.C2HF3O2/c27-18-8-7-16(13-28)17(12-18)14-29-24(32)23-6-3-10-31(23)25(33)26(34)21-5-2-1-4-19(21)20-15-30(35)11-9-22(20)26;3-2(4,5)1(6)7/h1-2,4-5,7-9,11-12,15,23,34H,3,6,10,13-14,28H2,(H,29,32);(H,6,7)/t23-,26+;/m0./s1. The van der Waals surface area contributed by atoms with Crippen molar-refractivity contribution in [3.8, 4) is 11.1 Å². The first-order valence-corrected chi connectivity index (χ1v) is 13.1. The van der Waals surface area contributed by atoms with Crippen LogP contribution in [0.25, 0.3) is 11.1 Å². The summed E-state index contributed by atoms with van der Waals surface area (Å²) in [7, 11) is 0. The molecule has 0 radical (unpaired) electrons. The number of aliphatic carboxylic acids is 1. The number of fused-ring (bicyclic) bond motifs is 3. The van der Waals surface area contributed by atoms with E-state index in [4.69, 9.17) is 27.2 Å². The highest BCUT2D eigenvalue weighted by Crippen LogP contribution is 2.48. The van der Waals surface area contributed by atoms with Gasteiger partial charge >= 0.3 is 12.1 Å². The number of hydrogen-bond acceptors (Lipinski definition) is 6. The number of hydrogen-bond donors (Lipinski definition) is 4. The van der Waals surface area contributed by atoms with Gasteiger partial charge in [-0.05, 0) is 41.7 Å². The van der Waals surface area contributed by atoms with E-state index in [0.29, 0.717) is 57.9 Å². The molecule has 5 rings (SSSR count). The van der Waals surface area contributed by atoms with Gasteiger partial charge in [0.1, 0.15) is 6.04 Å². The van der Waals surface area contributed by atoms with Crippen LogP contribution in [0.2, 0.25) is 5.02 Å². The van der Waals surface area contributed by atoms with Crippen molar-refractivity contribution in [1.29, 1.82) is 0 Å². The Hall–Kier alpha value is -4.20. The van der Waals surface area contributed by atoms with Crippen LogP contribution in [0, 0.1) is 5.21 Å². The zero-order chi connectivity index (χ0) is 30.8. The predicted molar refractivity (Wildman–Crippen MR) is 143 cm³/mol. The smallest absolute Gasteiger partial charge is 0.490 e. The van der Waals surface area contributed by atoms with Crippen LogP contribution < -0.4 is 15.8 Å². The third-order valence-electron chi connectivity index (χ3n) is 7.14. The van der Waals surface area contributed by atoms with E-state index in [2.05, 4.69) is 5.32 Å². The predicted octanol–water partition coefficient (Wildman–Crippen LogP) is 2.59. The zero-order valence-electron chi connectivity index (χ0n) is 21.9. The average molecular weight is 607 g/mol. The largest absolute Gasteiger partial charge is 0.619 e. The van der Waals surface area contributed by atoms with E-state index in [-0.39, 0.29) is 12.5 Å². The molecule has 42 heavy (non-hydrogen) atoms. The number of pyridine rings is 1. The van der Waals surface area contributed by atoms with Crippen LogP contribution in [-0.4, -0.2) is 51.7 Å². The molecule has 2 atom stereocenters. The Balaban J connectivity index is 0.000000517. The first-order valence-electron chi connectivity index (χ1n) is 12.7. The molecule has 222 valence electrons. The molecule has 0 spiro atoms. The fourth-order valence-corrected chi connectivity index (χ4v) is 5.36. The van der Waals surface area contributed by atoms with Gasteiger partial charge in [0.05, 0.1) is 5.56 Å². The summed E-state index contributed by atoms with van der Waals surface area (Å²) in [6, 6.07) is 13.1. The number of alkyl halides is 3. The molecule has 0 unspecified atom stereocenters. The van der Waals surface area contributed by atoms with Crippen molar-refractivity contribution < 1.29 is 42.5 Å². The number of nitrogens with one attached hydrogen (secondary N) is 1. The average Bonchev–Trinajstić information content (AvgIpc) is 3.53. The number of nitrogens with two attached hydrogens (primary N) is 1. The summed E-state index contributed by atoms with van der Waals surface area (Å²) >= 11 is 6.11. The molecule has 1 aliphatic carbocycles. The van der Waals surface area contributed by atoms with Crippen LogP contribution in [0.3, 0.4) is 0 Å². The molecule has 2 heterocycles. The second-order valence-corrected chi connectivity index (χ2v) is 10.1. The number of aliphatic hydroxyl groups is 1. The highest BCUT2D eigenvalue weighted by molar-refractivity contribution is 6.30. The summed E-state index contributed by atoms with van der Waals surface area (Å²) < 4.78 is 32.4. The van der Waals surface area contributed by atoms with Crippen molar-refractivity contribution in [2.24, 2.45) is 5.73 Å². The van der Waals surface area contributed by atoms with E-state index < -0.39 is 29.7 Å². The maximum Gasteiger partial charge on any atom is 0.490 e. The number of amides is 2. The minimum absolute atomic E-state index is 0.226. The van der Waals surface area contributed by atoms with Gasteiger partial charge in [0.15, 0.2) is 18.0 Å².